The van der Waals surface area contributed by atoms with Crippen LogP contribution >= 0.6 is 31.9 Å². The molecule has 0 spiro atoms. The Balaban J connectivity index is 1.47. The van der Waals surface area contributed by atoms with Gasteiger partial charge >= 0.3 is 0 Å². The van der Waals surface area contributed by atoms with Crippen LogP contribution in [-0.2, 0) is 13.0 Å². The summed E-state index contributed by atoms with van der Waals surface area (Å²) in [4.78, 5) is 18.0. The maximum Gasteiger partial charge on any atom is 0.282 e. The lowest BCUT2D eigenvalue weighted by molar-refractivity contribution is 0.174. The largest absolute Gasteiger partial charge is 0.488 e. The minimum Gasteiger partial charge on any atom is -0.488 e. The molecule has 0 bridgehead atoms. The molecule has 0 aliphatic carbocycles. The summed E-state index contributed by atoms with van der Waals surface area (Å²) in [5.41, 5.74) is 2.12. The van der Waals surface area contributed by atoms with Crippen molar-refractivity contribution in [1.82, 2.24) is 9.66 Å². The molecule has 0 saturated carbocycles. The molecule has 178 valence electrons. The van der Waals surface area contributed by atoms with Crippen molar-refractivity contribution in [3.05, 3.63) is 90.8 Å². The monoisotopic (exact) mass is 597 g/mol. The molecule has 0 unspecified atom stereocenters. The summed E-state index contributed by atoms with van der Waals surface area (Å²) in [6.07, 6.45) is 3.10. The zero-order valence-electron chi connectivity index (χ0n) is 18.8. The number of hydrogen-bond acceptors (Lipinski definition) is 6. The van der Waals surface area contributed by atoms with Crippen molar-refractivity contribution < 1.29 is 14.2 Å². The maximum absolute atomic E-state index is 13.3. The van der Waals surface area contributed by atoms with Crippen LogP contribution in [0, 0.1) is 0 Å². The van der Waals surface area contributed by atoms with Gasteiger partial charge in [0.15, 0.2) is 11.5 Å². The first-order valence-corrected chi connectivity index (χ1v) is 12.7. The summed E-state index contributed by atoms with van der Waals surface area (Å²) < 4.78 is 20.0. The summed E-state index contributed by atoms with van der Waals surface area (Å²) in [5.74, 6) is 2.69. The van der Waals surface area contributed by atoms with Crippen LogP contribution in [0.25, 0.3) is 10.9 Å². The summed E-state index contributed by atoms with van der Waals surface area (Å²) >= 11 is 6.95. The fourth-order valence-corrected chi connectivity index (χ4v) is 4.50. The van der Waals surface area contributed by atoms with Gasteiger partial charge in [-0.1, -0.05) is 44.8 Å². The van der Waals surface area contributed by atoms with Gasteiger partial charge < -0.3 is 14.2 Å². The van der Waals surface area contributed by atoms with Gasteiger partial charge in [0.25, 0.3) is 5.56 Å². The van der Waals surface area contributed by atoms with Gasteiger partial charge in [-0.3, -0.25) is 4.79 Å². The molecule has 4 aromatic rings. The van der Waals surface area contributed by atoms with E-state index in [1.807, 2.05) is 55.5 Å². The van der Waals surface area contributed by atoms with E-state index in [-0.39, 0.29) is 12.4 Å². The highest BCUT2D eigenvalue weighted by atomic mass is 79.9. The van der Waals surface area contributed by atoms with Gasteiger partial charge in [-0.25, -0.2) is 4.98 Å². The lowest BCUT2D eigenvalue weighted by atomic mass is 10.2. The zero-order chi connectivity index (χ0) is 24.4. The number of hydrogen-bond donors (Lipinski definition) is 0. The van der Waals surface area contributed by atoms with E-state index in [1.165, 1.54) is 4.68 Å². The van der Waals surface area contributed by atoms with E-state index in [1.54, 1.807) is 12.3 Å². The number of aryl methyl sites for hydroxylation is 1. The molecule has 1 aromatic heterocycles. The lowest BCUT2D eigenvalue weighted by Gasteiger charge is -2.11. The van der Waals surface area contributed by atoms with Crippen LogP contribution in [0.4, 0.5) is 0 Å². The number of rotatable bonds is 7. The molecule has 7 nitrogen and oxygen atoms in total. The number of benzene rings is 3. The summed E-state index contributed by atoms with van der Waals surface area (Å²) in [5, 5.41) is 5.05. The zero-order valence-corrected chi connectivity index (χ0v) is 22.0. The van der Waals surface area contributed by atoms with E-state index in [2.05, 4.69) is 41.9 Å². The van der Waals surface area contributed by atoms with Crippen LogP contribution in [-0.4, -0.2) is 22.7 Å². The SMILES string of the molecule is CCCc1nc2ccc(Br)cc2c(=O)n1N=Cc1cc(Br)ccc1OCc1ccc2c(c1)OCO2. The molecule has 0 fully saturated rings. The molecule has 9 heteroatoms. The van der Waals surface area contributed by atoms with Crippen LogP contribution in [0.3, 0.4) is 0 Å². The molecule has 0 atom stereocenters. The molecule has 5 rings (SSSR count). The van der Waals surface area contributed by atoms with E-state index >= 15 is 0 Å². The first-order chi connectivity index (χ1) is 17.0. The van der Waals surface area contributed by atoms with Crippen molar-refractivity contribution in [3.63, 3.8) is 0 Å². The minimum absolute atomic E-state index is 0.214. The minimum atomic E-state index is -0.214. The Morgan fingerprint density at radius 2 is 1.86 bits per heavy atom. The Morgan fingerprint density at radius 3 is 2.71 bits per heavy atom. The van der Waals surface area contributed by atoms with Gasteiger partial charge in [-0.05, 0) is 60.5 Å². The van der Waals surface area contributed by atoms with Crippen molar-refractivity contribution in [3.8, 4) is 17.2 Å². The van der Waals surface area contributed by atoms with Crippen molar-refractivity contribution in [2.45, 2.75) is 26.4 Å². The molecule has 0 N–H and O–H groups in total. The van der Waals surface area contributed by atoms with Gasteiger partial charge in [-0.2, -0.15) is 9.78 Å². The van der Waals surface area contributed by atoms with Crippen LogP contribution in [0.5, 0.6) is 17.2 Å². The molecule has 0 amide bonds. The molecule has 1 aliphatic heterocycles. The topological polar surface area (TPSA) is 74.9 Å². The Morgan fingerprint density at radius 1 is 1.06 bits per heavy atom. The Bertz CT molecular complexity index is 1500. The number of nitrogens with zero attached hydrogens (tertiary/aromatic N) is 3. The highest BCUT2D eigenvalue weighted by molar-refractivity contribution is 9.10. The number of aromatic nitrogens is 2. The van der Waals surface area contributed by atoms with Crippen LogP contribution in [0.15, 0.2) is 73.4 Å². The average Bonchev–Trinajstić information content (AvgIpc) is 3.32. The number of ether oxygens (including phenoxy) is 3. The van der Waals surface area contributed by atoms with E-state index in [9.17, 15) is 4.79 Å². The second-order valence-corrected chi connectivity index (χ2v) is 9.79. The summed E-state index contributed by atoms with van der Waals surface area (Å²) in [7, 11) is 0. The van der Waals surface area contributed by atoms with Gasteiger partial charge in [0.05, 0.1) is 17.1 Å². The van der Waals surface area contributed by atoms with E-state index in [4.69, 9.17) is 14.2 Å². The lowest BCUT2D eigenvalue weighted by Crippen LogP contribution is -2.22. The maximum atomic E-state index is 13.3. The number of fused-ring (bicyclic) bond motifs is 2. The predicted molar refractivity (Wildman–Crippen MR) is 142 cm³/mol. The van der Waals surface area contributed by atoms with E-state index < -0.39 is 0 Å². The smallest absolute Gasteiger partial charge is 0.282 e. The van der Waals surface area contributed by atoms with Crippen molar-refractivity contribution in [2.75, 3.05) is 6.79 Å². The van der Waals surface area contributed by atoms with E-state index in [0.717, 1.165) is 32.2 Å². The van der Waals surface area contributed by atoms with Crippen LogP contribution < -0.4 is 19.8 Å². The third kappa shape index (κ3) is 5.11. The highest BCUT2D eigenvalue weighted by Gasteiger charge is 2.14. The van der Waals surface area contributed by atoms with Crippen molar-refractivity contribution in [2.24, 2.45) is 5.10 Å². The normalized spacial score (nSPS) is 12.5. The quantitative estimate of drug-likeness (QED) is 0.242. The van der Waals surface area contributed by atoms with Gasteiger partial charge in [0, 0.05) is 20.9 Å². The summed E-state index contributed by atoms with van der Waals surface area (Å²) in [6, 6.07) is 16.9. The predicted octanol–water partition coefficient (Wildman–Crippen LogP) is 6.06. The fourth-order valence-electron chi connectivity index (χ4n) is 3.76. The second kappa shape index (κ2) is 10.2. The van der Waals surface area contributed by atoms with E-state index in [0.29, 0.717) is 41.3 Å². The first kappa shape index (κ1) is 23.6. The molecule has 3 aromatic carbocycles. The van der Waals surface area contributed by atoms with Crippen LogP contribution in [0.1, 0.15) is 30.3 Å². The average molecular weight is 599 g/mol. The standard InChI is InChI=1S/C26H21Br2N3O4/c1-2-3-25-30-21-7-5-19(28)12-20(21)26(32)31(25)29-13-17-11-18(27)6-9-22(17)33-14-16-4-8-23-24(10-16)35-15-34-23/h4-13H,2-3,14-15H2,1H3. The van der Waals surface area contributed by atoms with Crippen molar-refractivity contribution >= 4 is 49.0 Å². The van der Waals surface area contributed by atoms with Gasteiger partial charge in [0.1, 0.15) is 18.2 Å². The Hall–Kier alpha value is -3.17. The fraction of sp³-hybridized carbons (Fsp3) is 0.192. The third-order valence-electron chi connectivity index (χ3n) is 5.46. The Labute approximate surface area is 218 Å². The molecule has 1 aliphatic rings. The Kier molecular flexibility index (Phi) is 6.88. The van der Waals surface area contributed by atoms with Gasteiger partial charge in [-0.15, -0.1) is 0 Å². The molecular formula is C26H21Br2N3O4. The molecular weight excluding hydrogens is 578 g/mol. The second-order valence-electron chi connectivity index (χ2n) is 7.96. The highest BCUT2D eigenvalue weighted by Crippen LogP contribution is 2.33. The van der Waals surface area contributed by atoms with Crippen molar-refractivity contribution in [1.29, 1.82) is 0 Å². The third-order valence-corrected chi connectivity index (χ3v) is 6.45. The molecule has 0 radical (unpaired) electrons. The number of halogens is 2. The first-order valence-electron chi connectivity index (χ1n) is 11.1. The molecule has 0 saturated heterocycles. The molecule has 35 heavy (non-hydrogen) atoms. The van der Waals surface area contributed by atoms with Gasteiger partial charge in [0.2, 0.25) is 6.79 Å². The van der Waals surface area contributed by atoms with Crippen LogP contribution in [0.2, 0.25) is 0 Å². The summed E-state index contributed by atoms with van der Waals surface area (Å²) in [6.45, 7) is 2.61. The molecule has 2 heterocycles.